The third-order valence-electron chi connectivity index (χ3n) is 7.93. The van der Waals surface area contributed by atoms with Crippen LogP contribution in [0.4, 0.5) is 5.69 Å². The number of anilines is 1. The number of rotatable bonds is 7. The third-order valence-corrected chi connectivity index (χ3v) is 9.44. The number of nitrogens with zero attached hydrogens (tertiary/aromatic N) is 1. The Bertz CT molecular complexity index is 1110. The van der Waals surface area contributed by atoms with Crippen molar-refractivity contribution in [2.75, 3.05) is 17.1 Å². The molecule has 0 radical (unpaired) electrons. The lowest BCUT2D eigenvalue weighted by atomic mass is 9.48. The molecule has 33 heavy (non-hydrogen) atoms. The Labute approximate surface area is 201 Å². The first-order valence-electron chi connectivity index (χ1n) is 11.8. The van der Waals surface area contributed by atoms with Crippen LogP contribution in [0.15, 0.2) is 48.5 Å². The minimum atomic E-state index is -3.62. The molecule has 1 amide bonds. The average Bonchev–Trinajstić information content (AvgIpc) is 2.75. The van der Waals surface area contributed by atoms with Crippen LogP contribution in [0.5, 0.6) is 0 Å². The Kier molecular flexibility index (Phi) is 5.94. The molecular weight excluding hydrogens is 456 g/mol. The maximum Gasteiger partial charge on any atom is 0.241 e. The van der Waals surface area contributed by atoms with Gasteiger partial charge in [-0.25, -0.2) is 8.42 Å². The molecule has 0 aliphatic heterocycles. The van der Waals surface area contributed by atoms with Gasteiger partial charge in [0.25, 0.3) is 0 Å². The molecule has 4 saturated carbocycles. The lowest BCUT2D eigenvalue weighted by molar-refractivity contribution is -0.119. The highest BCUT2D eigenvalue weighted by molar-refractivity contribution is 7.92. The predicted octanol–water partition coefficient (Wildman–Crippen LogP) is 4.89. The van der Waals surface area contributed by atoms with Crippen molar-refractivity contribution in [3.63, 3.8) is 0 Å². The topological polar surface area (TPSA) is 66.5 Å². The van der Waals surface area contributed by atoms with Gasteiger partial charge in [0.05, 0.1) is 11.9 Å². The number of carbonyl (C=O) groups excluding carboxylic acids is 1. The van der Waals surface area contributed by atoms with Crippen LogP contribution in [0.25, 0.3) is 0 Å². The van der Waals surface area contributed by atoms with Crippen molar-refractivity contribution >= 4 is 33.2 Å². The number of sulfonamides is 1. The third kappa shape index (κ3) is 4.65. The summed E-state index contributed by atoms with van der Waals surface area (Å²) in [5.74, 6) is 2.19. The zero-order valence-corrected chi connectivity index (χ0v) is 20.5. The van der Waals surface area contributed by atoms with Crippen molar-refractivity contribution in [3.05, 3.63) is 64.7 Å². The van der Waals surface area contributed by atoms with Crippen molar-refractivity contribution in [3.8, 4) is 0 Å². The summed E-state index contributed by atoms with van der Waals surface area (Å²) in [4.78, 5) is 12.6. The highest BCUT2D eigenvalue weighted by atomic mass is 35.5. The standard InChI is InChI=1S/C26H31ClN2O3S/c1-33(31,32)29(17-25(30)28-16-21-4-2-3-5-24(21)27)23-8-6-22(7-9-23)26-13-18-10-19(14-26)12-20(11-18)15-26/h2-9,18-20H,10-17H2,1H3,(H,28,30). The maximum absolute atomic E-state index is 12.6. The molecule has 176 valence electrons. The lowest BCUT2D eigenvalue weighted by Gasteiger charge is -2.57. The summed E-state index contributed by atoms with van der Waals surface area (Å²) in [5.41, 5.74) is 2.91. The van der Waals surface area contributed by atoms with Gasteiger partial charge in [0.15, 0.2) is 0 Å². The van der Waals surface area contributed by atoms with Crippen LogP contribution in [0.2, 0.25) is 5.02 Å². The molecule has 1 N–H and O–H groups in total. The second-order valence-electron chi connectivity index (χ2n) is 10.4. The molecule has 0 unspecified atom stereocenters. The quantitative estimate of drug-likeness (QED) is 0.605. The van der Waals surface area contributed by atoms with E-state index in [1.165, 1.54) is 48.4 Å². The zero-order valence-electron chi connectivity index (χ0n) is 19.0. The summed E-state index contributed by atoms with van der Waals surface area (Å²) in [6.07, 6.45) is 9.10. The number of benzene rings is 2. The number of hydrogen-bond donors (Lipinski definition) is 1. The van der Waals surface area contributed by atoms with Crippen molar-refractivity contribution in [1.29, 1.82) is 0 Å². The molecule has 0 aromatic heterocycles. The number of hydrogen-bond acceptors (Lipinski definition) is 3. The highest BCUT2D eigenvalue weighted by Gasteiger charge is 2.51. The van der Waals surface area contributed by atoms with E-state index in [0.29, 0.717) is 10.7 Å². The highest BCUT2D eigenvalue weighted by Crippen LogP contribution is 2.60. The molecule has 0 saturated heterocycles. The largest absolute Gasteiger partial charge is 0.350 e. The Morgan fingerprint density at radius 3 is 2.12 bits per heavy atom. The van der Waals surface area contributed by atoms with E-state index in [2.05, 4.69) is 17.4 Å². The van der Waals surface area contributed by atoms with Gasteiger partial charge in [0.2, 0.25) is 15.9 Å². The number of carbonyl (C=O) groups is 1. The number of halogens is 1. The van der Waals surface area contributed by atoms with Gasteiger partial charge < -0.3 is 5.32 Å². The smallest absolute Gasteiger partial charge is 0.241 e. The van der Waals surface area contributed by atoms with E-state index in [1.54, 1.807) is 6.07 Å². The van der Waals surface area contributed by atoms with Gasteiger partial charge in [0.1, 0.15) is 6.54 Å². The average molecular weight is 487 g/mol. The molecule has 4 aliphatic carbocycles. The molecule has 0 heterocycles. The molecule has 2 aromatic carbocycles. The van der Waals surface area contributed by atoms with Crippen LogP contribution in [0, 0.1) is 17.8 Å². The summed E-state index contributed by atoms with van der Waals surface area (Å²) < 4.78 is 26.2. The minimum absolute atomic E-state index is 0.251. The SMILES string of the molecule is CS(=O)(=O)N(CC(=O)NCc1ccccc1Cl)c1ccc(C23CC4CC(CC(C4)C2)C3)cc1. The van der Waals surface area contributed by atoms with E-state index in [4.69, 9.17) is 11.6 Å². The first kappa shape index (κ1) is 22.7. The van der Waals surface area contributed by atoms with E-state index in [1.807, 2.05) is 30.3 Å². The van der Waals surface area contributed by atoms with Crippen LogP contribution in [-0.2, 0) is 26.8 Å². The van der Waals surface area contributed by atoms with E-state index in [9.17, 15) is 13.2 Å². The van der Waals surface area contributed by atoms with E-state index < -0.39 is 10.0 Å². The second kappa shape index (κ2) is 8.62. The number of nitrogens with one attached hydrogen (secondary N) is 1. The van der Waals surface area contributed by atoms with Gasteiger partial charge in [0, 0.05) is 11.6 Å². The molecular formula is C26H31ClN2O3S. The molecule has 5 nitrogen and oxygen atoms in total. The predicted molar refractivity (Wildman–Crippen MR) is 132 cm³/mol. The molecule has 7 heteroatoms. The number of amides is 1. The van der Waals surface area contributed by atoms with Crippen LogP contribution in [0.1, 0.15) is 49.7 Å². The van der Waals surface area contributed by atoms with Crippen LogP contribution in [0.3, 0.4) is 0 Å². The molecule has 4 fully saturated rings. The van der Waals surface area contributed by atoms with Gasteiger partial charge in [-0.3, -0.25) is 9.10 Å². The lowest BCUT2D eigenvalue weighted by Crippen LogP contribution is -2.48. The molecule has 2 aromatic rings. The van der Waals surface area contributed by atoms with Crippen LogP contribution < -0.4 is 9.62 Å². The van der Waals surface area contributed by atoms with E-state index in [-0.39, 0.29) is 24.4 Å². The first-order chi connectivity index (χ1) is 15.7. The fourth-order valence-electron chi connectivity index (χ4n) is 6.87. The summed E-state index contributed by atoms with van der Waals surface area (Å²) in [6, 6.07) is 15.2. The molecule has 0 spiro atoms. The Morgan fingerprint density at radius 2 is 1.58 bits per heavy atom. The molecule has 6 rings (SSSR count). The van der Waals surface area contributed by atoms with Gasteiger partial charge >= 0.3 is 0 Å². The van der Waals surface area contributed by atoms with Crippen molar-refractivity contribution in [2.24, 2.45) is 17.8 Å². The summed E-state index contributed by atoms with van der Waals surface area (Å²) in [6.45, 7) is -0.0128. The first-order valence-corrected chi connectivity index (χ1v) is 14.0. The Hall–Kier alpha value is -2.05. The van der Waals surface area contributed by atoms with Crippen LogP contribution in [-0.4, -0.2) is 27.1 Å². The molecule has 4 bridgehead atoms. The summed E-state index contributed by atoms with van der Waals surface area (Å²) in [7, 11) is -3.62. The van der Waals surface area contributed by atoms with E-state index in [0.717, 1.165) is 29.6 Å². The monoisotopic (exact) mass is 486 g/mol. The minimum Gasteiger partial charge on any atom is -0.350 e. The Morgan fingerprint density at radius 1 is 1.00 bits per heavy atom. The van der Waals surface area contributed by atoms with Gasteiger partial charge in [-0.2, -0.15) is 0 Å². The van der Waals surface area contributed by atoms with Crippen LogP contribution >= 0.6 is 11.6 Å². The maximum atomic E-state index is 12.6. The van der Waals surface area contributed by atoms with E-state index >= 15 is 0 Å². The fraction of sp³-hybridized carbons (Fsp3) is 0.500. The molecule has 4 aliphatic rings. The van der Waals surface area contributed by atoms with Gasteiger partial charge in [-0.15, -0.1) is 0 Å². The fourth-order valence-corrected chi connectivity index (χ4v) is 7.93. The van der Waals surface area contributed by atoms with Crippen molar-refractivity contribution < 1.29 is 13.2 Å². The second-order valence-corrected chi connectivity index (χ2v) is 12.7. The summed E-state index contributed by atoms with van der Waals surface area (Å²) >= 11 is 6.15. The summed E-state index contributed by atoms with van der Waals surface area (Å²) in [5, 5.41) is 3.35. The van der Waals surface area contributed by atoms with Crippen molar-refractivity contribution in [2.45, 2.75) is 50.5 Å². The van der Waals surface area contributed by atoms with Crippen molar-refractivity contribution in [1.82, 2.24) is 5.32 Å². The van der Waals surface area contributed by atoms with Gasteiger partial charge in [-0.1, -0.05) is 41.9 Å². The van der Waals surface area contributed by atoms with Gasteiger partial charge in [-0.05, 0) is 91.0 Å². The Balaban J connectivity index is 1.30. The molecule has 0 atom stereocenters. The zero-order chi connectivity index (χ0) is 23.2. The normalized spacial score (nSPS) is 28.0.